The molecule has 1 atom stereocenters. The molecule has 4 nitrogen and oxygen atoms in total. The van der Waals surface area contributed by atoms with E-state index in [0.29, 0.717) is 5.92 Å². The van der Waals surface area contributed by atoms with Crippen LogP contribution in [0.3, 0.4) is 0 Å². The lowest BCUT2D eigenvalue weighted by atomic mass is 10.0. The van der Waals surface area contributed by atoms with Crippen LogP contribution in [0.15, 0.2) is 24.3 Å². The molecule has 0 bridgehead atoms. The van der Waals surface area contributed by atoms with Gasteiger partial charge in [0.05, 0.1) is 6.42 Å². The molecule has 0 aliphatic heterocycles. The molecule has 0 aliphatic rings. The van der Waals surface area contributed by atoms with E-state index in [0.717, 1.165) is 5.75 Å². The van der Waals surface area contributed by atoms with Crippen molar-refractivity contribution in [3.63, 3.8) is 0 Å². The lowest BCUT2D eigenvalue weighted by molar-refractivity contribution is -0.137. The van der Waals surface area contributed by atoms with E-state index in [-0.39, 0.29) is 13.0 Å². The summed E-state index contributed by atoms with van der Waals surface area (Å²) < 4.78 is 5.42. The number of carboxylic acids is 1. The van der Waals surface area contributed by atoms with Gasteiger partial charge in [0.25, 0.3) is 0 Å². The van der Waals surface area contributed by atoms with Crippen molar-refractivity contribution in [3.05, 3.63) is 29.8 Å². The van der Waals surface area contributed by atoms with Crippen LogP contribution < -0.4 is 10.5 Å². The van der Waals surface area contributed by atoms with Crippen LogP contribution in [0.2, 0.25) is 0 Å². The van der Waals surface area contributed by atoms with E-state index in [1.165, 1.54) is 5.56 Å². The van der Waals surface area contributed by atoms with Crippen LogP contribution in [0.25, 0.3) is 0 Å². The molecule has 0 saturated heterocycles. The monoisotopic (exact) mass is 237 g/mol. The molecule has 1 rings (SSSR count). The van der Waals surface area contributed by atoms with Crippen molar-refractivity contribution in [1.29, 1.82) is 0 Å². The quantitative estimate of drug-likeness (QED) is 0.793. The number of carbonyl (C=O) groups is 1. The Morgan fingerprint density at radius 3 is 2.41 bits per heavy atom. The fourth-order valence-electron chi connectivity index (χ4n) is 1.44. The zero-order valence-corrected chi connectivity index (χ0v) is 10.2. The summed E-state index contributed by atoms with van der Waals surface area (Å²) in [7, 11) is 0. The van der Waals surface area contributed by atoms with Crippen molar-refractivity contribution in [1.82, 2.24) is 0 Å². The first kappa shape index (κ1) is 13.5. The lowest BCUT2D eigenvalue weighted by Crippen LogP contribution is -2.30. The average Bonchev–Trinajstić information content (AvgIpc) is 2.26. The Kier molecular flexibility index (Phi) is 4.97. The van der Waals surface area contributed by atoms with Crippen molar-refractivity contribution in [2.75, 3.05) is 6.61 Å². The van der Waals surface area contributed by atoms with Gasteiger partial charge < -0.3 is 15.6 Å². The molecule has 4 heteroatoms. The van der Waals surface area contributed by atoms with Gasteiger partial charge in [-0.1, -0.05) is 26.0 Å². The average molecular weight is 237 g/mol. The number of rotatable bonds is 6. The Balaban J connectivity index is 2.44. The molecule has 0 spiro atoms. The van der Waals surface area contributed by atoms with E-state index in [4.69, 9.17) is 15.6 Å². The molecule has 94 valence electrons. The van der Waals surface area contributed by atoms with Crippen LogP contribution in [0.5, 0.6) is 5.75 Å². The molecule has 1 aromatic rings. The second-order valence-electron chi connectivity index (χ2n) is 4.39. The number of aliphatic carboxylic acids is 1. The van der Waals surface area contributed by atoms with Crippen molar-refractivity contribution in [2.24, 2.45) is 5.73 Å². The number of hydrogen-bond donors (Lipinski definition) is 2. The molecule has 17 heavy (non-hydrogen) atoms. The first-order valence-corrected chi connectivity index (χ1v) is 5.69. The molecule has 0 aromatic heterocycles. The number of carboxylic acid groups (broad SMARTS) is 1. The van der Waals surface area contributed by atoms with E-state index in [2.05, 4.69) is 13.8 Å². The third-order valence-electron chi connectivity index (χ3n) is 2.45. The third kappa shape index (κ3) is 4.87. The van der Waals surface area contributed by atoms with Crippen LogP contribution in [0, 0.1) is 0 Å². The zero-order chi connectivity index (χ0) is 12.8. The molecule has 0 amide bonds. The highest BCUT2D eigenvalue weighted by molar-refractivity contribution is 5.67. The Labute approximate surface area is 101 Å². The van der Waals surface area contributed by atoms with Crippen LogP contribution in [0.1, 0.15) is 31.7 Å². The number of nitrogens with two attached hydrogens (primary N) is 1. The Morgan fingerprint density at radius 1 is 1.35 bits per heavy atom. The first-order chi connectivity index (χ1) is 7.99. The minimum absolute atomic E-state index is 0.0793. The zero-order valence-electron chi connectivity index (χ0n) is 10.2. The Morgan fingerprint density at radius 2 is 1.94 bits per heavy atom. The highest BCUT2D eigenvalue weighted by Crippen LogP contribution is 2.18. The fraction of sp³-hybridized carbons (Fsp3) is 0.462. The van der Waals surface area contributed by atoms with E-state index >= 15 is 0 Å². The lowest BCUT2D eigenvalue weighted by Gasteiger charge is -2.12. The molecule has 1 unspecified atom stereocenters. The highest BCUT2D eigenvalue weighted by Gasteiger charge is 2.08. The van der Waals surface area contributed by atoms with Crippen molar-refractivity contribution < 1.29 is 14.6 Å². The van der Waals surface area contributed by atoms with Gasteiger partial charge in [0.1, 0.15) is 12.4 Å². The molecule has 0 fully saturated rings. The minimum atomic E-state index is -0.906. The maximum atomic E-state index is 10.4. The van der Waals surface area contributed by atoms with Crippen LogP contribution >= 0.6 is 0 Å². The second kappa shape index (κ2) is 6.25. The molecular formula is C13H19NO3. The maximum Gasteiger partial charge on any atom is 0.305 e. The van der Waals surface area contributed by atoms with Gasteiger partial charge in [0, 0.05) is 6.04 Å². The fourth-order valence-corrected chi connectivity index (χ4v) is 1.44. The van der Waals surface area contributed by atoms with Gasteiger partial charge in [0.2, 0.25) is 0 Å². The third-order valence-corrected chi connectivity index (χ3v) is 2.45. The summed E-state index contributed by atoms with van der Waals surface area (Å²) >= 11 is 0. The van der Waals surface area contributed by atoms with Crippen LogP contribution in [-0.4, -0.2) is 23.7 Å². The van der Waals surface area contributed by atoms with Gasteiger partial charge in [-0.05, 0) is 23.6 Å². The summed E-state index contributed by atoms with van der Waals surface area (Å²) in [4.78, 5) is 10.4. The molecular weight excluding hydrogens is 218 g/mol. The summed E-state index contributed by atoms with van der Waals surface area (Å²) in [6.45, 7) is 4.46. The highest BCUT2D eigenvalue weighted by atomic mass is 16.5. The van der Waals surface area contributed by atoms with Crippen molar-refractivity contribution in [2.45, 2.75) is 32.2 Å². The topological polar surface area (TPSA) is 72.5 Å². The normalized spacial score (nSPS) is 12.5. The summed E-state index contributed by atoms with van der Waals surface area (Å²) in [5.41, 5.74) is 6.84. The summed E-state index contributed by atoms with van der Waals surface area (Å²) in [5.74, 6) is 0.296. The Hall–Kier alpha value is -1.55. The molecule has 0 radical (unpaired) electrons. The minimum Gasteiger partial charge on any atom is -0.492 e. The number of benzene rings is 1. The van der Waals surface area contributed by atoms with Crippen molar-refractivity contribution in [3.8, 4) is 5.75 Å². The first-order valence-electron chi connectivity index (χ1n) is 5.69. The summed E-state index contributed by atoms with van der Waals surface area (Å²) in [5, 5.41) is 8.54. The standard InChI is InChI=1S/C13H19NO3/c1-9(2)10-3-5-12(6-4-10)17-8-11(14)7-13(15)16/h3-6,9,11H,7-8,14H2,1-2H3,(H,15,16). The van der Waals surface area contributed by atoms with E-state index < -0.39 is 12.0 Å². The SMILES string of the molecule is CC(C)c1ccc(OCC(N)CC(=O)O)cc1. The van der Waals surface area contributed by atoms with Gasteiger partial charge >= 0.3 is 5.97 Å². The molecule has 0 saturated carbocycles. The van der Waals surface area contributed by atoms with Crippen LogP contribution in [0.4, 0.5) is 0 Å². The summed E-state index contributed by atoms with van der Waals surface area (Å²) in [6.07, 6.45) is -0.0793. The largest absolute Gasteiger partial charge is 0.492 e. The summed E-state index contributed by atoms with van der Waals surface area (Å²) in [6, 6.07) is 7.29. The smallest absolute Gasteiger partial charge is 0.305 e. The van der Waals surface area contributed by atoms with Gasteiger partial charge in [-0.2, -0.15) is 0 Å². The number of hydrogen-bond acceptors (Lipinski definition) is 3. The molecule has 0 aliphatic carbocycles. The van der Waals surface area contributed by atoms with E-state index in [9.17, 15) is 4.79 Å². The van der Waals surface area contributed by atoms with Crippen molar-refractivity contribution >= 4 is 5.97 Å². The van der Waals surface area contributed by atoms with E-state index in [1.54, 1.807) is 0 Å². The predicted molar refractivity (Wildman–Crippen MR) is 66.3 cm³/mol. The molecule has 0 heterocycles. The van der Waals surface area contributed by atoms with Crippen LogP contribution in [-0.2, 0) is 4.79 Å². The molecule has 3 N–H and O–H groups in total. The van der Waals surface area contributed by atoms with Gasteiger partial charge in [-0.3, -0.25) is 4.79 Å². The van der Waals surface area contributed by atoms with Gasteiger partial charge in [-0.15, -0.1) is 0 Å². The predicted octanol–water partition coefficient (Wildman–Crippen LogP) is 1.99. The molecule has 1 aromatic carbocycles. The van der Waals surface area contributed by atoms with Gasteiger partial charge in [-0.25, -0.2) is 0 Å². The number of ether oxygens (including phenoxy) is 1. The Bertz CT molecular complexity index is 359. The van der Waals surface area contributed by atoms with E-state index in [1.807, 2.05) is 24.3 Å². The maximum absolute atomic E-state index is 10.4. The second-order valence-corrected chi connectivity index (χ2v) is 4.39. The van der Waals surface area contributed by atoms with Gasteiger partial charge in [0.15, 0.2) is 0 Å².